The third kappa shape index (κ3) is 3.53. The molecule has 1 aromatic carbocycles. The van der Waals surface area contributed by atoms with Crippen LogP contribution >= 0.6 is 0 Å². The van der Waals surface area contributed by atoms with Crippen LogP contribution in [0.1, 0.15) is 20.7 Å². The van der Waals surface area contributed by atoms with Gasteiger partial charge in [0.25, 0.3) is 11.8 Å². The van der Waals surface area contributed by atoms with Crippen LogP contribution in [-0.4, -0.2) is 23.9 Å². The van der Waals surface area contributed by atoms with E-state index in [0.29, 0.717) is 5.56 Å². The fourth-order valence-electron chi connectivity index (χ4n) is 1.56. The second-order valence-corrected chi connectivity index (χ2v) is 4.00. The number of amides is 2. The summed E-state index contributed by atoms with van der Waals surface area (Å²) in [6.07, 6.45) is 2.88. The highest BCUT2D eigenvalue weighted by Crippen LogP contribution is 2.17. The highest BCUT2D eigenvalue weighted by atomic mass is 19.1. The first kappa shape index (κ1) is 14.4. The highest BCUT2D eigenvalue weighted by Gasteiger charge is 2.11. The van der Waals surface area contributed by atoms with E-state index in [1.807, 2.05) is 0 Å². The minimum atomic E-state index is -0.663. The summed E-state index contributed by atoms with van der Waals surface area (Å²) in [4.78, 5) is 27.3. The number of hydrazine groups is 1. The smallest absolute Gasteiger partial charge is 0.271 e. The summed E-state index contributed by atoms with van der Waals surface area (Å²) in [6.45, 7) is 0. The van der Waals surface area contributed by atoms with Crippen LogP contribution in [0.4, 0.5) is 4.39 Å². The molecule has 7 heteroatoms. The predicted octanol–water partition coefficient (Wildman–Crippen LogP) is 1.30. The molecule has 0 fully saturated rings. The number of nitrogens with one attached hydrogen (secondary N) is 2. The topological polar surface area (TPSA) is 80.3 Å². The molecule has 0 bridgehead atoms. The van der Waals surface area contributed by atoms with E-state index in [1.165, 1.54) is 31.6 Å². The summed E-state index contributed by atoms with van der Waals surface area (Å²) in [5, 5.41) is 0. The Balaban J connectivity index is 1.99. The first-order valence-electron chi connectivity index (χ1n) is 5.96. The molecule has 0 radical (unpaired) electrons. The quantitative estimate of drug-likeness (QED) is 0.835. The molecule has 1 aromatic heterocycles. The van der Waals surface area contributed by atoms with Gasteiger partial charge in [-0.2, -0.15) is 0 Å². The van der Waals surface area contributed by atoms with Crippen LogP contribution in [0.5, 0.6) is 5.75 Å². The fourth-order valence-corrected chi connectivity index (χ4v) is 1.56. The molecule has 2 N–H and O–H groups in total. The summed E-state index contributed by atoms with van der Waals surface area (Å²) >= 11 is 0. The van der Waals surface area contributed by atoms with Gasteiger partial charge in [-0.3, -0.25) is 25.4 Å². The number of aromatic nitrogens is 1. The molecule has 1 heterocycles. The van der Waals surface area contributed by atoms with Crippen molar-refractivity contribution in [1.29, 1.82) is 0 Å². The average Bonchev–Trinajstić information content (AvgIpc) is 2.53. The third-order valence-corrected chi connectivity index (χ3v) is 2.63. The lowest BCUT2D eigenvalue weighted by Gasteiger charge is -2.08. The van der Waals surface area contributed by atoms with Crippen molar-refractivity contribution in [2.75, 3.05) is 7.11 Å². The standard InChI is InChI=1S/C14H12FN3O3/c1-21-12-5-4-9(7-11(12)15)13(19)17-18-14(20)10-3-2-6-16-8-10/h2-8H,1H3,(H,17,19)(H,18,20). The Bertz CT molecular complexity index is 662. The molecule has 6 nitrogen and oxygen atoms in total. The fraction of sp³-hybridized carbons (Fsp3) is 0.0714. The zero-order valence-electron chi connectivity index (χ0n) is 11.1. The van der Waals surface area contributed by atoms with Gasteiger partial charge < -0.3 is 4.74 Å². The normalized spacial score (nSPS) is 9.81. The number of ether oxygens (including phenoxy) is 1. The molecule has 108 valence electrons. The van der Waals surface area contributed by atoms with Gasteiger partial charge in [0.1, 0.15) is 0 Å². The number of hydrogen-bond acceptors (Lipinski definition) is 4. The van der Waals surface area contributed by atoms with Gasteiger partial charge in [-0.25, -0.2) is 4.39 Å². The molecule has 2 amide bonds. The Morgan fingerprint density at radius 2 is 1.86 bits per heavy atom. The van der Waals surface area contributed by atoms with E-state index in [1.54, 1.807) is 12.1 Å². The van der Waals surface area contributed by atoms with Gasteiger partial charge in [-0.15, -0.1) is 0 Å². The lowest BCUT2D eigenvalue weighted by molar-refractivity contribution is 0.0846. The summed E-state index contributed by atoms with van der Waals surface area (Å²) in [5.74, 6) is -1.80. The molecule has 0 atom stereocenters. The Morgan fingerprint density at radius 3 is 2.43 bits per heavy atom. The Hall–Kier alpha value is -2.96. The minimum absolute atomic E-state index is 0.0333. The van der Waals surface area contributed by atoms with Crippen LogP contribution < -0.4 is 15.6 Å². The molecule has 0 unspecified atom stereocenters. The van der Waals surface area contributed by atoms with Crippen LogP contribution in [0.25, 0.3) is 0 Å². The largest absolute Gasteiger partial charge is 0.494 e. The van der Waals surface area contributed by atoms with Gasteiger partial charge in [0.2, 0.25) is 0 Å². The molecule has 2 aromatic rings. The number of hydrogen-bond donors (Lipinski definition) is 2. The summed E-state index contributed by atoms with van der Waals surface area (Å²) < 4.78 is 18.2. The summed E-state index contributed by atoms with van der Waals surface area (Å²) in [5.41, 5.74) is 4.75. The van der Waals surface area contributed by atoms with E-state index in [0.717, 1.165) is 6.07 Å². The van der Waals surface area contributed by atoms with Crippen molar-refractivity contribution in [2.45, 2.75) is 0 Å². The zero-order chi connectivity index (χ0) is 15.2. The number of benzene rings is 1. The Kier molecular flexibility index (Phi) is 4.45. The molecule has 0 saturated heterocycles. The number of nitrogens with zero attached hydrogens (tertiary/aromatic N) is 1. The maximum atomic E-state index is 13.5. The predicted molar refractivity (Wildman–Crippen MR) is 72.1 cm³/mol. The molecule has 21 heavy (non-hydrogen) atoms. The second kappa shape index (κ2) is 6.47. The second-order valence-electron chi connectivity index (χ2n) is 4.00. The Labute approximate surface area is 119 Å². The van der Waals surface area contributed by atoms with Crippen LogP contribution in [0, 0.1) is 5.82 Å². The molecular weight excluding hydrogens is 277 g/mol. The van der Waals surface area contributed by atoms with Crippen molar-refractivity contribution in [1.82, 2.24) is 15.8 Å². The zero-order valence-corrected chi connectivity index (χ0v) is 11.1. The SMILES string of the molecule is COc1ccc(C(=O)NNC(=O)c2cccnc2)cc1F. The number of halogens is 1. The maximum Gasteiger partial charge on any atom is 0.271 e. The molecule has 0 saturated carbocycles. The monoisotopic (exact) mass is 289 g/mol. The number of rotatable bonds is 3. The van der Waals surface area contributed by atoms with Gasteiger partial charge >= 0.3 is 0 Å². The summed E-state index contributed by atoms with van der Waals surface area (Å²) in [7, 11) is 1.33. The van der Waals surface area contributed by atoms with Crippen molar-refractivity contribution < 1.29 is 18.7 Å². The van der Waals surface area contributed by atoms with Crippen molar-refractivity contribution in [3.05, 3.63) is 59.7 Å². The third-order valence-electron chi connectivity index (χ3n) is 2.63. The maximum absolute atomic E-state index is 13.5. The van der Waals surface area contributed by atoms with Gasteiger partial charge in [0, 0.05) is 18.0 Å². The molecule has 0 spiro atoms. The number of pyridine rings is 1. The van der Waals surface area contributed by atoms with Crippen molar-refractivity contribution in [3.63, 3.8) is 0 Å². The van der Waals surface area contributed by atoms with E-state index in [-0.39, 0.29) is 11.3 Å². The average molecular weight is 289 g/mol. The van der Waals surface area contributed by atoms with Crippen LogP contribution in [-0.2, 0) is 0 Å². The lowest BCUT2D eigenvalue weighted by atomic mass is 10.2. The van der Waals surface area contributed by atoms with Crippen molar-refractivity contribution >= 4 is 11.8 Å². The van der Waals surface area contributed by atoms with Gasteiger partial charge in [-0.1, -0.05) is 0 Å². The van der Waals surface area contributed by atoms with Crippen LogP contribution in [0.3, 0.4) is 0 Å². The Morgan fingerprint density at radius 1 is 1.14 bits per heavy atom. The van der Waals surface area contributed by atoms with E-state index in [9.17, 15) is 14.0 Å². The van der Waals surface area contributed by atoms with Gasteiger partial charge in [-0.05, 0) is 30.3 Å². The first-order valence-corrected chi connectivity index (χ1v) is 5.96. The van der Waals surface area contributed by atoms with E-state index < -0.39 is 17.6 Å². The van der Waals surface area contributed by atoms with E-state index in [2.05, 4.69) is 15.8 Å². The summed E-state index contributed by atoms with van der Waals surface area (Å²) in [6, 6.07) is 6.86. The molecule has 0 aliphatic carbocycles. The molecule has 2 rings (SSSR count). The van der Waals surface area contributed by atoms with Crippen LogP contribution in [0.15, 0.2) is 42.7 Å². The molecule has 0 aliphatic rings. The number of carbonyl (C=O) groups is 2. The van der Waals surface area contributed by atoms with Crippen molar-refractivity contribution in [3.8, 4) is 5.75 Å². The van der Waals surface area contributed by atoms with Crippen LogP contribution in [0.2, 0.25) is 0 Å². The van der Waals surface area contributed by atoms with Gasteiger partial charge in [0.05, 0.1) is 12.7 Å². The van der Waals surface area contributed by atoms with Gasteiger partial charge in [0.15, 0.2) is 11.6 Å². The molecular formula is C14H12FN3O3. The molecule has 0 aliphatic heterocycles. The number of carbonyl (C=O) groups excluding carboxylic acids is 2. The number of methoxy groups -OCH3 is 1. The van der Waals surface area contributed by atoms with E-state index >= 15 is 0 Å². The van der Waals surface area contributed by atoms with E-state index in [4.69, 9.17) is 4.74 Å². The van der Waals surface area contributed by atoms with Crippen molar-refractivity contribution in [2.24, 2.45) is 0 Å². The highest BCUT2D eigenvalue weighted by molar-refractivity contribution is 5.98. The first-order chi connectivity index (χ1) is 10.1. The lowest BCUT2D eigenvalue weighted by Crippen LogP contribution is -2.41. The minimum Gasteiger partial charge on any atom is -0.494 e.